The van der Waals surface area contributed by atoms with Gasteiger partial charge < -0.3 is 15.0 Å². The molecule has 0 spiro atoms. The molecule has 10 heteroatoms. The van der Waals surface area contributed by atoms with Gasteiger partial charge in [0.25, 0.3) is 5.56 Å². The molecule has 0 bridgehead atoms. The van der Waals surface area contributed by atoms with Gasteiger partial charge in [0, 0.05) is 30.1 Å². The Morgan fingerprint density at radius 3 is 2.30 bits per heavy atom. The van der Waals surface area contributed by atoms with Gasteiger partial charge >= 0.3 is 12.1 Å². The number of fused-ring (bicyclic) bond motifs is 1. The number of nitrogens with zero attached hydrogens (tertiary/aromatic N) is 2. The molecular formula is C30H30N4O5S. The number of hydrogen-bond acceptors (Lipinski definition) is 6. The number of rotatable bonds is 5. The fourth-order valence-electron chi connectivity index (χ4n) is 4.66. The third kappa shape index (κ3) is 5.76. The Bertz CT molecular complexity index is 1620. The Morgan fingerprint density at radius 2 is 1.62 bits per heavy atom. The highest BCUT2D eigenvalue weighted by atomic mass is 32.1. The maximum atomic E-state index is 13.8. The molecule has 2 N–H and O–H groups in total. The lowest BCUT2D eigenvalue weighted by Crippen LogP contribution is -2.42. The number of thiophene rings is 1. The van der Waals surface area contributed by atoms with Gasteiger partial charge in [-0.1, -0.05) is 59.9 Å². The van der Waals surface area contributed by atoms with Crippen molar-refractivity contribution in [2.24, 2.45) is 0 Å². The van der Waals surface area contributed by atoms with E-state index in [0.717, 1.165) is 0 Å². The molecule has 4 aromatic rings. The van der Waals surface area contributed by atoms with Crippen LogP contribution < -0.4 is 16.2 Å². The molecule has 1 aliphatic heterocycles. The van der Waals surface area contributed by atoms with Crippen molar-refractivity contribution in [3.63, 3.8) is 0 Å². The summed E-state index contributed by atoms with van der Waals surface area (Å²) >= 11 is 1.18. The number of anilines is 1. The molecule has 5 rings (SSSR count). The average Bonchev–Trinajstić information content (AvgIpc) is 3.52. The molecule has 0 aliphatic carbocycles. The lowest BCUT2D eigenvalue weighted by Gasteiger charge is -2.22. The first-order valence-electron chi connectivity index (χ1n) is 13.0. The summed E-state index contributed by atoms with van der Waals surface area (Å²) in [5.41, 5.74) is 0.590. The second kappa shape index (κ2) is 11.0. The second-order valence-electron chi connectivity index (χ2n) is 10.6. The van der Waals surface area contributed by atoms with Gasteiger partial charge in [0.2, 0.25) is 0 Å². The average molecular weight is 559 g/mol. The Labute approximate surface area is 235 Å². The van der Waals surface area contributed by atoms with Crippen LogP contribution in [0.4, 0.5) is 14.6 Å². The number of pyridine rings is 1. The van der Waals surface area contributed by atoms with E-state index < -0.39 is 17.7 Å². The maximum absolute atomic E-state index is 13.8. The third-order valence-electron chi connectivity index (χ3n) is 6.44. The number of ketones is 1. The van der Waals surface area contributed by atoms with Gasteiger partial charge in [-0.15, -0.1) is 0 Å². The van der Waals surface area contributed by atoms with Crippen molar-refractivity contribution in [3.05, 3.63) is 94.3 Å². The molecule has 2 aromatic carbocycles. The number of carbonyl (C=O) groups is 3. The zero-order chi connectivity index (χ0) is 28.4. The molecule has 9 nitrogen and oxygen atoms in total. The van der Waals surface area contributed by atoms with Gasteiger partial charge in [-0.05, 0) is 45.4 Å². The van der Waals surface area contributed by atoms with Gasteiger partial charge in [-0.2, -0.15) is 0 Å². The number of urea groups is 1. The molecule has 1 saturated heterocycles. The summed E-state index contributed by atoms with van der Waals surface area (Å²) in [4.78, 5) is 54.5. The number of hydrogen-bond donors (Lipinski definition) is 2. The van der Waals surface area contributed by atoms with Crippen LogP contribution in [0, 0.1) is 0 Å². The first-order chi connectivity index (χ1) is 19.1. The number of aromatic nitrogens is 1. The van der Waals surface area contributed by atoms with Crippen LogP contribution in [-0.2, 0) is 4.74 Å². The minimum Gasteiger partial charge on any atom is -0.444 e. The number of likely N-dealkylation sites (tertiary alicyclic amines) is 1. The van der Waals surface area contributed by atoms with E-state index in [2.05, 4.69) is 10.6 Å². The van der Waals surface area contributed by atoms with E-state index in [4.69, 9.17) is 4.74 Å². The van der Waals surface area contributed by atoms with Gasteiger partial charge in [0.15, 0.2) is 5.78 Å². The number of alkyl carbamates (subject to hydrolysis) is 1. The van der Waals surface area contributed by atoms with E-state index in [1.807, 2.05) is 36.4 Å². The van der Waals surface area contributed by atoms with E-state index in [1.54, 1.807) is 60.6 Å². The highest BCUT2D eigenvalue weighted by Crippen LogP contribution is 2.38. The van der Waals surface area contributed by atoms with Crippen molar-refractivity contribution in [1.82, 2.24) is 14.8 Å². The predicted molar refractivity (Wildman–Crippen MR) is 156 cm³/mol. The molecule has 1 atom stereocenters. The highest BCUT2D eigenvalue weighted by Gasteiger charge is 2.31. The van der Waals surface area contributed by atoms with Crippen molar-refractivity contribution in [2.75, 3.05) is 18.4 Å². The number of para-hydroxylation sites is 1. The van der Waals surface area contributed by atoms with Crippen molar-refractivity contribution in [2.45, 2.75) is 38.8 Å². The van der Waals surface area contributed by atoms with Crippen LogP contribution in [0.2, 0.25) is 0 Å². The predicted octanol–water partition coefficient (Wildman–Crippen LogP) is 5.41. The van der Waals surface area contributed by atoms with E-state index in [0.29, 0.717) is 51.5 Å². The van der Waals surface area contributed by atoms with Crippen molar-refractivity contribution in [1.29, 1.82) is 0 Å². The summed E-state index contributed by atoms with van der Waals surface area (Å²) < 4.78 is 6.88. The molecule has 0 saturated carbocycles. The molecule has 0 unspecified atom stereocenters. The summed E-state index contributed by atoms with van der Waals surface area (Å²) in [5, 5.41) is 6.67. The number of nitrogens with one attached hydrogen (secondary N) is 2. The Morgan fingerprint density at radius 1 is 0.950 bits per heavy atom. The Kier molecular flexibility index (Phi) is 7.44. The largest absolute Gasteiger partial charge is 0.444 e. The van der Waals surface area contributed by atoms with Crippen LogP contribution in [0.1, 0.15) is 43.1 Å². The zero-order valence-corrected chi connectivity index (χ0v) is 23.3. The zero-order valence-electron chi connectivity index (χ0n) is 22.5. The van der Waals surface area contributed by atoms with E-state index in [1.165, 1.54) is 17.4 Å². The summed E-state index contributed by atoms with van der Waals surface area (Å²) in [5.74, 6) is -0.258. The Hall–Kier alpha value is -4.44. The topological polar surface area (TPSA) is 110 Å². The normalized spacial score (nSPS) is 15.2. The molecule has 0 radical (unpaired) electrons. The lowest BCUT2D eigenvalue weighted by atomic mass is 10.0. The maximum Gasteiger partial charge on any atom is 0.407 e. The van der Waals surface area contributed by atoms with Gasteiger partial charge in [0.1, 0.15) is 15.4 Å². The molecular weight excluding hydrogens is 528 g/mol. The minimum atomic E-state index is -0.622. The fourth-order valence-corrected chi connectivity index (χ4v) is 5.87. The quantitative estimate of drug-likeness (QED) is 0.318. The first-order valence-corrected chi connectivity index (χ1v) is 13.8. The van der Waals surface area contributed by atoms with Gasteiger partial charge in [-0.25, -0.2) is 9.59 Å². The van der Waals surface area contributed by atoms with Crippen LogP contribution >= 0.6 is 11.3 Å². The number of amides is 3. The van der Waals surface area contributed by atoms with E-state index >= 15 is 0 Å². The smallest absolute Gasteiger partial charge is 0.407 e. The number of ether oxygens (including phenoxy) is 1. The number of benzene rings is 2. The van der Waals surface area contributed by atoms with Crippen molar-refractivity contribution >= 4 is 44.5 Å². The second-order valence-corrected chi connectivity index (χ2v) is 11.6. The van der Waals surface area contributed by atoms with Crippen LogP contribution in [0.3, 0.4) is 0 Å². The van der Waals surface area contributed by atoms with E-state index in [9.17, 15) is 19.2 Å². The number of carbonyl (C=O) groups excluding carboxylic acids is 3. The molecule has 1 aliphatic rings. The SMILES string of the molecule is CC(C)(C)OC(=O)N[C@H]1CCN(C(=O)Nc2sc3c(ccc(=O)n3-c3ccccc3)c2C(=O)c2ccccc2)C1. The van der Waals surface area contributed by atoms with E-state index in [-0.39, 0.29) is 17.4 Å². The highest BCUT2D eigenvalue weighted by molar-refractivity contribution is 7.23. The van der Waals surface area contributed by atoms with Crippen molar-refractivity contribution < 1.29 is 19.1 Å². The summed E-state index contributed by atoms with van der Waals surface area (Å²) in [6.07, 6.45) is 0.0431. The molecule has 206 valence electrons. The van der Waals surface area contributed by atoms with Crippen LogP contribution in [0.25, 0.3) is 15.9 Å². The molecule has 3 amide bonds. The van der Waals surface area contributed by atoms with Gasteiger partial charge in [0.05, 0.1) is 17.3 Å². The monoisotopic (exact) mass is 558 g/mol. The molecule has 1 fully saturated rings. The first kappa shape index (κ1) is 27.1. The van der Waals surface area contributed by atoms with Crippen molar-refractivity contribution in [3.8, 4) is 5.69 Å². The van der Waals surface area contributed by atoms with Crippen LogP contribution in [0.5, 0.6) is 0 Å². The van der Waals surface area contributed by atoms with Crippen LogP contribution in [-0.4, -0.2) is 52.1 Å². The summed E-state index contributed by atoms with van der Waals surface area (Å²) in [6.45, 7) is 6.09. The summed E-state index contributed by atoms with van der Waals surface area (Å²) in [7, 11) is 0. The fraction of sp³-hybridized carbons (Fsp3) is 0.267. The molecule has 2 aromatic heterocycles. The third-order valence-corrected chi connectivity index (χ3v) is 7.54. The van der Waals surface area contributed by atoms with Gasteiger partial charge in [-0.3, -0.25) is 19.5 Å². The lowest BCUT2D eigenvalue weighted by molar-refractivity contribution is 0.0506. The van der Waals surface area contributed by atoms with Crippen LogP contribution in [0.15, 0.2) is 77.6 Å². The molecule has 40 heavy (non-hydrogen) atoms. The Balaban J connectivity index is 1.47. The standard InChI is InChI=1S/C30H30N4O5S/c1-30(2,3)39-29(38)31-20-16-17-33(18-20)28(37)32-26-24(25(36)19-10-6-4-7-11-19)22-14-15-23(35)34(27(22)40-26)21-12-8-5-9-13-21/h4-15,20H,16-18H2,1-3H3,(H,31,38)(H,32,37)/t20-/m0/s1. The molecule has 3 heterocycles. The minimum absolute atomic E-state index is 0.243. The summed E-state index contributed by atoms with van der Waals surface area (Å²) in [6, 6.07) is 20.4.